The summed E-state index contributed by atoms with van der Waals surface area (Å²) < 4.78 is 0. The highest BCUT2D eigenvalue weighted by atomic mass is 16.4. The van der Waals surface area contributed by atoms with E-state index in [0.29, 0.717) is 18.7 Å². The fourth-order valence-electron chi connectivity index (χ4n) is 0.825. The van der Waals surface area contributed by atoms with E-state index in [1.807, 2.05) is 13.8 Å². The minimum absolute atomic E-state index is 0.0845. The van der Waals surface area contributed by atoms with Crippen molar-refractivity contribution in [1.82, 2.24) is 5.32 Å². The molecule has 0 aliphatic heterocycles. The molecule has 0 saturated carbocycles. The molecule has 0 saturated heterocycles. The molecule has 70 valence electrons. The van der Waals surface area contributed by atoms with Crippen molar-refractivity contribution in [3.05, 3.63) is 0 Å². The van der Waals surface area contributed by atoms with Gasteiger partial charge in [-0.15, -0.1) is 0 Å². The molecule has 0 radical (unpaired) electrons. The molecule has 0 aromatic rings. The van der Waals surface area contributed by atoms with E-state index in [4.69, 9.17) is 5.21 Å². The molecule has 0 aliphatic rings. The molecule has 0 aromatic heterocycles. The summed E-state index contributed by atoms with van der Waals surface area (Å²) in [5.41, 5.74) is 0. The highest BCUT2D eigenvalue weighted by Crippen LogP contribution is 1.91. The predicted octanol–water partition coefficient (Wildman–Crippen LogP) is 1.49. The third-order valence-corrected chi connectivity index (χ3v) is 1.37. The SMILES string of the molecule is CCCC(=O)NC(CCC)=NO. The van der Waals surface area contributed by atoms with Gasteiger partial charge >= 0.3 is 0 Å². The van der Waals surface area contributed by atoms with Gasteiger partial charge in [0.05, 0.1) is 0 Å². The molecule has 1 amide bonds. The highest BCUT2D eigenvalue weighted by Gasteiger charge is 2.03. The van der Waals surface area contributed by atoms with Crippen LogP contribution in [-0.4, -0.2) is 17.0 Å². The van der Waals surface area contributed by atoms with Crippen LogP contribution >= 0.6 is 0 Å². The van der Waals surface area contributed by atoms with E-state index in [0.717, 1.165) is 12.8 Å². The Kier molecular flexibility index (Phi) is 6.05. The Bertz CT molecular complexity index is 166. The first-order valence-corrected chi connectivity index (χ1v) is 4.25. The largest absolute Gasteiger partial charge is 0.409 e. The lowest BCUT2D eigenvalue weighted by molar-refractivity contribution is -0.119. The molecule has 0 heterocycles. The summed E-state index contributed by atoms with van der Waals surface area (Å²) in [6.07, 6.45) is 2.73. The van der Waals surface area contributed by atoms with Crippen LogP contribution in [0.3, 0.4) is 0 Å². The topological polar surface area (TPSA) is 61.7 Å². The molecule has 4 heteroatoms. The average molecular weight is 172 g/mol. The van der Waals surface area contributed by atoms with Crippen LogP contribution in [0, 0.1) is 0 Å². The number of carbonyl (C=O) groups is 1. The maximum Gasteiger partial charge on any atom is 0.225 e. The first-order valence-electron chi connectivity index (χ1n) is 4.25. The summed E-state index contributed by atoms with van der Waals surface area (Å²) in [6, 6.07) is 0. The first kappa shape index (κ1) is 10.9. The van der Waals surface area contributed by atoms with E-state index in [-0.39, 0.29) is 5.91 Å². The Hall–Kier alpha value is -1.06. The van der Waals surface area contributed by atoms with E-state index in [2.05, 4.69) is 10.5 Å². The zero-order valence-electron chi connectivity index (χ0n) is 7.63. The van der Waals surface area contributed by atoms with Crippen LogP contribution in [0.5, 0.6) is 0 Å². The van der Waals surface area contributed by atoms with Crippen molar-refractivity contribution in [2.45, 2.75) is 39.5 Å². The lowest BCUT2D eigenvalue weighted by Gasteiger charge is -2.03. The molecule has 0 unspecified atom stereocenters. The number of hydrogen-bond acceptors (Lipinski definition) is 3. The summed E-state index contributed by atoms with van der Waals surface area (Å²) >= 11 is 0. The number of amides is 1. The number of oxime groups is 1. The van der Waals surface area contributed by atoms with Crippen molar-refractivity contribution in [2.24, 2.45) is 5.16 Å². The van der Waals surface area contributed by atoms with Gasteiger partial charge < -0.3 is 10.5 Å². The number of nitrogens with zero attached hydrogens (tertiary/aromatic N) is 1. The van der Waals surface area contributed by atoms with Gasteiger partial charge in [0.25, 0.3) is 0 Å². The van der Waals surface area contributed by atoms with Crippen molar-refractivity contribution < 1.29 is 10.0 Å². The number of carbonyl (C=O) groups excluding carboxylic acids is 1. The van der Waals surface area contributed by atoms with E-state index in [9.17, 15) is 4.79 Å². The van der Waals surface area contributed by atoms with Gasteiger partial charge in [-0.25, -0.2) is 0 Å². The van der Waals surface area contributed by atoms with Crippen LogP contribution in [0.1, 0.15) is 39.5 Å². The fraction of sp³-hybridized carbons (Fsp3) is 0.750. The van der Waals surface area contributed by atoms with Crippen molar-refractivity contribution in [1.29, 1.82) is 0 Å². The van der Waals surface area contributed by atoms with Crippen LogP contribution in [0.15, 0.2) is 5.16 Å². The van der Waals surface area contributed by atoms with Crippen LogP contribution < -0.4 is 5.32 Å². The molecule has 0 aliphatic carbocycles. The zero-order chi connectivity index (χ0) is 9.40. The minimum Gasteiger partial charge on any atom is -0.409 e. The van der Waals surface area contributed by atoms with Crippen LogP contribution in [-0.2, 0) is 4.79 Å². The first-order chi connectivity index (χ1) is 5.74. The lowest BCUT2D eigenvalue weighted by Crippen LogP contribution is -2.29. The number of amidine groups is 1. The van der Waals surface area contributed by atoms with Gasteiger partial charge in [0.1, 0.15) is 5.84 Å². The van der Waals surface area contributed by atoms with E-state index in [1.54, 1.807) is 0 Å². The Morgan fingerprint density at radius 2 is 1.92 bits per heavy atom. The maximum absolute atomic E-state index is 11.0. The Balaban J connectivity index is 3.78. The summed E-state index contributed by atoms with van der Waals surface area (Å²) in [5.74, 6) is 0.273. The van der Waals surface area contributed by atoms with E-state index < -0.39 is 0 Å². The molecule has 0 atom stereocenters. The molecule has 0 rings (SSSR count). The van der Waals surface area contributed by atoms with Gasteiger partial charge in [0.2, 0.25) is 5.91 Å². The van der Waals surface area contributed by atoms with Crippen molar-refractivity contribution in [3.8, 4) is 0 Å². The normalized spacial score (nSPS) is 11.3. The van der Waals surface area contributed by atoms with Gasteiger partial charge in [-0.1, -0.05) is 19.0 Å². The van der Waals surface area contributed by atoms with E-state index >= 15 is 0 Å². The third kappa shape index (κ3) is 4.71. The number of nitrogens with one attached hydrogen (secondary N) is 1. The van der Waals surface area contributed by atoms with Crippen LogP contribution in [0.4, 0.5) is 0 Å². The van der Waals surface area contributed by atoms with Gasteiger partial charge in [0, 0.05) is 12.8 Å². The molecule has 4 nitrogen and oxygen atoms in total. The summed E-state index contributed by atoms with van der Waals surface area (Å²) in [5, 5.41) is 14.0. The molecule has 0 bridgehead atoms. The Morgan fingerprint density at radius 3 is 2.33 bits per heavy atom. The zero-order valence-corrected chi connectivity index (χ0v) is 7.63. The van der Waals surface area contributed by atoms with Crippen LogP contribution in [0.25, 0.3) is 0 Å². The maximum atomic E-state index is 11.0. The molecule has 2 N–H and O–H groups in total. The molecule has 12 heavy (non-hydrogen) atoms. The molecule has 0 aromatic carbocycles. The van der Waals surface area contributed by atoms with Gasteiger partial charge in [-0.3, -0.25) is 4.79 Å². The number of rotatable bonds is 4. The van der Waals surface area contributed by atoms with Crippen LogP contribution in [0.2, 0.25) is 0 Å². The predicted molar refractivity (Wildman–Crippen MR) is 47.2 cm³/mol. The molecular formula is C8H16N2O2. The summed E-state index contributed by atoms with van der Waals surface area (Å²) in [7, 11) is 0. The molecule has 0 fully saturated rings. The minimum atomic E-state index is -0.0845. The quantitative estimate of drug-likeness (QED) is 0.292. The molecular weight excluding hydrogens is 156 g/mol. The van der Waals surface area contributed by atoms with Crippen molar-refractivity contribution in [2.75, 3.05) is 0 Å². The second kappa shape index (κ2) is 6.64. The highest BCUT2D eigenvalue weighted by molar-refractivity contribution is 5.97. The summed E-state index contributed by atoms with van der Waals surface area (Å²) in [6.45, 7) is 3.88. The van der Waals surface area contributed by atoms with Gasteiger partial charge in [-0.05, 0) is 12.8 Å². The molecule has 0 spiro atoms. The standard InChI is InChI=1S/C8H16N2O2/c1-3-5-7(10-12)9-8(11)6-4-2/h12H,3-6H2,1-2H3,(H,9,10,11). The smallest absolute Gasteiger partial charge is 0.225 e. The van der Waals surface area contributed by atoms with Crippen molar-refractivity contribution >= 4 is 11.7 Å². The lowest BCUT2D eigenvalue weighted by atomic mass is 10.3. The summed E-state index contributed by atoms with van der Waals surface area (Å²) in [4.78, 5) is 11.0. The van der Waals surface area contributed by atoms with Gasteiger partial charge in [-0.2, -0.15) is 0 Å². The average Bonchev–Trinajstić information content (AvgIpc) is 2.04. The number of hydrogen-bond donors (Lipinski definition) is 2. The third-order valence-electron chi connectivity index (χ3n) is 1.37. The Morgan fingerprint density at radius 1 is 1.33 bits per heavy atom. The second-order valence-corrected chi connectivity index (χ2v) is 2.59. The van der Waals surface area contributed by atoms with E-state index in [1.165, 1.54) is 0 Å². The second-order valence-electron chi connectivity index (χ2n) is 2.59. The van der Waals surface area contributed by atoms with Gasteiger partial charge in [0.15, 0.2) is 0 Å². The Labute approximate surface area is 72.6 Å². The fourth-order valence-corrected chi connectivity index (χ4v) is 0.825. The monoisotopic (exact) mass is 172 g/mol. The van der Waals surface area contributed by atoms with Crippen molar-refractivity contribution in [3.63, 3.8) is 0 Å².